The normalized spacial score (nSPS) is 17.9. The largest absolute Gasteiger partial charge is 0.347 e. The monoisotopic (exact) mass is 396 g/mol. The SMILES string of the molecule is CC(C)(C)[C@H](/C=C/c1ccc(Cl)cc1Cl)NC(=O)C1(NC=O)CCCC1. The zero-order valence-electron chi connectivity index (χ0n) is 15.4. The topological polar surface area (TPSA) is 58.2 Å². The highest BCUT2D eigenvalue weighted by Gasteiger charge is 2.42. The van der Waals surface area contributed by atoms with Gasteiger partial charge in [-0.05, 0) is 36.0 Å². The fourth-order valence-corrected chi connectivity index (χ4v) is 3.67. The van der Waals surface area contributed by atoms with E-state index in [0.29, 0.717) is 29.3 Å². The van der Waals surface area contributed by atoms with Gasteiger partial charge in [-0.25, -0.2) is 0 Å². The molecule has 0 bridgehead atoms. The summed E-state index contributed by atoms with van der Waals surface area (Å²) in [6.07, 6.45) is 7.66. The van der Waals surface area contributed by atoms with E-state index < -0.39 is 5.54 Å². The van der Waals surface area contributed by atoms with Crippen molar-refractivity contribution in [2.75, 3.05) is 0 Å². The molecule has 0 unspecified atom stereocenters. The third kappa shape index (κ3) is 5.01. The second-order valence-electron chi connectivity index (χ2n) is 7.89. The van der Waals surface area contributed by atoms with Gasteiger partial charge in [-0.3, -0.25) is 9.59 Å². The molecule has 0 radical (unpaired) electrons. The van der Waals surface area contributed by atoms with E-state index in [9.17, 15) is 9.59 Å². The van der Waals surface area contributed by atoms with Crippen molar-refractivity contribution in [3.8, 4) is 0 Å². The molecule has 1 aliphatic carbocycles. The van der Waals surface area contributed by atoms with Gasteiger partial charge < -0.3 is 10.6 Å². The Bertz CT molecular complexity index is 690. The maximum absolute atomic E-state index is 12.9. The summed E-state index contributed by atoms with van der Waals surface area (Å²) in [6, 6.07) is 5.09. The molecule has 2 N–H and O–H groups in total. The van der Waals surface area contributed by atoms with Crippen LogP contribution in [-0.4, -0.2) is 23.9 Å². The highest BCUT2D eigenvalue weighted by Crippen LogP contribution is 2.31. The van der Waals surface area contributed by atoms with Crippen molar-refractivity contribution in [3.05, 3.63) is 39.9 Å². The van der Waals surface area contributed by atoms with Gasteiger partial charge in [0.15, 0.2) is 0 Å². The first-order valence-corrected chi connectivity index (χ1v) is 9.59. The van der Waals surface area contributed by atoms with Crippen molar-refractivity contribution in [1.82, 2.24) is 10.6 Å². The highest BCUT2D eigenvalue weighted by atomic mass is 35.5. The number of amides is 2. The first-order chi connectivity index (χ1) is 12.2. The fourth-order valence-electron chi connectivity index (χ4n) is 3.20. The van der Waals surface area contributed by atoms with Crippen molar-refractivity contribution in [2.24, 2.45) is 5.41 Å². The quantitative estimate of drug-likeness (QED) is 0.690. The Morgan fingerprint density at radius 2 is 1.88 bits per heavy atom. The lowest BCUT2D eigenvalue weighted by Gasteiger charge is -2.34. The van der Waals surface area contributed by atoms with E-state index in [0.717, 1.165) is 18.4 Å². The average Bonchev–Trinajstić information content (AvgIpc) is 3.02. The van der Waals surface area contributed by atoms with Gasteiger partial charge in [-0.1, -0.05) is 75.0 Å². The summed E-state index contributed by atoms with van der Waals surface area (Å²) in [5.41, 5.74) is -0.163. The lowest BCUT2D eigenvalue weighted by Crippen LogP contribution is -2.58. The highest BCUT2D eigenvalue weighted by molar-refractivity contribution is 6.35. The van der Waals surface area contributed by atoms with Crippen LogP contribution in [0.1, 0.15) is 52.0 Å². The Hall–Kier alpha value is -1.52. The molecule has 0 spiro atoms. The molecule has 26 heavy (non-hydrogen) atoms. The molecule has 2 amide bonds. The summed E-state index contributed by atoms with van der Waals surface area (Å²) in [5, 5.41) is 7.00. The molecule has 142 valence electrons. The smallest absolute Gasteiger partial charge is 0.246 e. The summed E-state index contributed by atoms with van der Waals surface area (Å²) in [6.45, 7) is 6.17. The van der Waals surface area contributed by atoms with E-state index >= 15 is 0 Å². The predicted molar refractivity (Wildman–Crippen MR) is 107 cm³/mol. The summed E-state index contributed by atoms with van der Waals surface area (Å²) >= 11 is 12.2. The van der Waals surface area contributed by atoms with Crippen LogP contribution >= 0.6 is 23.2 Å². The van der Waals surface area contributed by atoms with Gasteiger partial charge in [-0.15, -0.1) is 0 Å². The molecule has 1 aromatic rings. The van der Waals surface area contributed by atoms with E-state index in [1.54, 1.807) is 12.1 Å². The minimum absolute atomic E-state index is 0.131. The third-order valence-corrected chi connectivity index (χ3v) is 5.44. The summed E-state index contributed by atoms with van der Waals surface area (Å²) in [4.78, 5) is 23.9. The molecule has 0 saturated heterocycles. The number of benzene rings is 1. The Morgan fingerprint density at radius 3 is 2.42 bits per heavy atom. The minimum Gasteiger partial charge on any atom is -0.347 e. The van der Waals surface area contributed by atoms with Crippen LogP contribution in [-0.2, 0) is 9.59 Å². The molecule has 0 aromatic heterocycles. The van der Waals surface area contributed by atoms with Crippen LogP contribution in [0.25, 0.3) is 6.08 Å². The van der Waals surface area contributed by atoms with Crippen molar-refractivity contribution >= 4 is 41.6 Å². The van der Waals surface area contributed by atoms with Gasteiger partial charge in [0, 0.05) is 10.0 Å². The molecule has 1 aromatic carbocycles. The van der Waals surface area contributed by atoms with Crippen molar-refractivity contribution in [1.29, 1.82) is 0 Å². The van der Waals surface area contributed by atoms with Crippen LogP contribution in [0.3, 0.4) is 0 Å². The molecule has 0 aliphatic heterocycles. The molecule has 1 fully saturated rings. The Balaban J connectivity index is 2.21. The van der Waals surface area contributed by atoms with Gasteiger partial charge in [-0.2, -0.15) is 0 Å². The minimum atomic E-state index is -0.795. The maximum atomic E-state index is 12.9. The van der Waals surface area contributed by atoms with Crippen molar-refractivity contribution in [2.45, 2.75) is 58.0 Å². The number of carbonyl (C=O) groups excluding carboxylic acids is 2. The predicted octanol–water partition coefficient (Wildman–Crippen LogP) is 4.60. The number of hydrogen-bond acceptors (Lipinski definition) is 2. The second kappa shape index (κ2) is 8.45. The second-order valence-corrected chi connectivity index (χ2v) is 8.74. The van der Waals surface area contributed by atoms with Crippen LogP contribution in [0.4, 0.5) is 0 Å². The van der Waals surface area contributed by atoms with E-state index in [-0.39, 0.29) is 17.4 Å². The third-order valence-electron chi connectivity index (χ3n) is 4.88. The molecule has 2 rings (SSSR count). The molecule has 4 nitrogen and oxygen atoms in total. The Labute approximate surface area is 165 Å². The van der Waals surface area contributed by atoms with E-state index in [1.165, 1.54) is 0 Å². The van der Waals surface area contributed by atoms with Gasteiger partial charge in [0.1, 0.15) is 5.54 Å². The molecule has 1 aliphatic rings. The molecular formula is C20H26Cl2N2O2. The first-order valence-electron chi connectivity index (χ1n) is 8.83. The molecule has 1 saturated carbocycles. The molecule has 1 atom stereocenters. The van der Waals surface area contributed by atoms with Gasteiger partial charge in [0.05, 0.1) is 6.04 Å². The van der Waals surface area contributed by atoms with Crippen LogP contribution in [0, 0.1) is 5.41 Å². The number of hydrogen-bond donors (Lipinski definition) is 2. The van der Waals surface area contributed by atoms with Gasteiger partial charge >= 0.3 is 0 Å². The van der Waals surface area contributed by atoms with Crippen LogP contribution < -0.4 is 10.6 Å². The van der Waals surface area contributed by atoms with Crippen molar-refractivity contribution in [3.63, 3.8) is 0 Å². The summed E-state index contributed by atoms with van der Waals surface area (Å²) < 4.78 is 0. The van der Waals surface area contributed by atoms with Crippen LogP contribution in [0.5, 0.6) is 0 Å². The Morgan fingerprint density at radius 1 is 1.23 bits per heavy atom. The average molecular weight is 397 g/mol. The lowest BCUT2D eigenvalue weighted by molar-refractivity contribution is -0.131. The van der Waals surface area contributed by atoms with E-state index in [2.05, 4.69) is 31.4 Å². The number of carbonyl (C=O) groups is 2. The van der Waals surface area contributed by atoms with Gasteiger partial charge in [0.2, 0.25) is 12.3 Å². The fraction of sp³-hybridized carbons (Fsp3) is 0.500. The van der Waals surface area contributed by atoms with Gasteiger partial charge in [0.25, 0.3) is 0 Å². The lowest BCUT2D eigenvalue weighted by atomic mass is 9.85. The van der Waals surface area contributed by atoms with Crippen LogP contribution in [0.2, 0.25) is 10.0 Å². The zero-order valence-corrected chi connectivity index (χ0v) is 17.0. The summed E-state index contributed by atoms with van der Waals surface area (Å²) in [5.74, 6) is -0.131. The molecule has 6 heteroatoms. The zero-order chi connectivity index (χ0) is 19.4. The molecule has 0 heterocycles. The Kier molecular flexibility index (Phi) is 6.75. The number of rotatable bonds is 6. The number of halogens is 2. The van der Waals surface area contributed by atoms with Crippen molar-refractivity contribution < 1.29 is 9.59 Å². The van der Waals surface area contributed by atoms with E-state index in [4.69, 9.17) is 23.2 Å². The number of nitrogens with one attached hydrogen (secondary N) is 2. The maximum Gasteiger partial charge on any atom is 0.246 e. The molecular weight excluding hydrogens is 371 g/mol. The standard InChI is InChI=1S/C20H26Cl2N2O2/c1-19(2,3)17(9-7-14-6-8-15(21)12-16(14)22)24-18(26)20(23-13-25)10-4-5-11-20/h6-9,12-13,17H,4-5,10-11H2,1-3H3,(H,23,25)(H,24,26)/b9-7+/t17-/m0/s1. The summed E-state index contributed by atoms with van der Waals surface area (Å²) in [7, 11) is 0. The van der Waals surface area contributed by atoms with E-state index in [1.807, 2.05) is 18.2 Å². The first kappa shape index (κ1) is 20.8. The van der Waals surface area contributed by atoms with Crippen LogP contribution in [0.15, 0.2) is 24.3 Å².